The molecule has 0 saturated heterocycles. The summed E-state index contributed by atoms with van der Waals surface area (Å²) < 4.78 is 10.0. The van der Waals surface area contributed by atoms with Crippen LogP contribution in [-0.4, -0.2) is 19.7 Å². The lowest BCUT2D eigenvalue weighted by Gasteiger charge is -2.05. The summed E-state index contributed by atoms with van der Waals surface area (Å²) in [4.78, 5) is 10.7. The Morgan fingerprint density at radius 1 is 1.57 bits per heavy atom. The van der Waals surface area contributed by atoms with Crippen molar-refractivity contribution in [1.29, 1.82) is 0 Å². The molecule has 0 spiro atoms. The average molecular weight is 197 g/mol. The molecule has 14 heavy (non-hydrogen) atoms. The number of carbonyl (C=O) groups is 1. The minimum atomic E-state index is -0.483. The number of rotatable bonds is 3. The maximum atomic E-state index is 11.1. The van der Waals surface area contributed by atoms with Crippen molar-refractivity contribution in [3.8, 4) is 5.75 Å². The molecule has 5 nitrogen and oxygen atoms in total. The zero-order chi connectivity index (χ0) is 10.6. The van der Waals surface area contributed by atoms with Crippen LogP contribution in [0.3, 0.4) is 0 Å². The molecule has 0 atom stereocenters. The molecule has 0 aliphatic carbocycles. The Morgan fingerprint density at radius 3 is 2.86 bits per heavy atom. The number of aryl methyl sites for hydroxylation is 1. The molecule has 0 unspecified atom stereocenters. The first-order valence-corrected chi connectivity index (χ1v) is 4.03. The van der Waals surface area contributed by atoms with E-state index >= 15 is 0 Å². The quantitative estimate of drug-likeness (QED) is 0.394. The second-order valence-electron chi connectivity index (χ2n) is 2.70. The summed E-state index contributed by atoms with van der Waals surface area (Å²) in [6, 6.07) is 3.23. The van der Waals surface area contributed by atoms with Gasteiger partial charge in [-0.05, 0) is 6.07 Å². The summed E-state index contributed by atoms with van der Waals surface area (Å²) in [5.74, 6) is -0.140. The van der Waals surface area contributed by atoms with Gasteiger partial charge in [0.25, 0.3) is 0 Å². The minimum Gasteiger partial charge on any atom is -0.618 e. The van der Waals surface area contributed by atoms with Crippen LogP contribution in [0, 0.1) is 12.1 Å². The van der Waals surface area contributed by atoms with Crippen LogP contribution in [0.25, 0.3) is 0 Å². The highest BCUT2D eigenvalue weighted by atomic mass is 16.6. The van der Waals surface area contributed by atoms with E-state index in [0.29, 0.717) is 16.2 Å². The molecule has 0 aromatic carbocycles. The van der Waals surface area contributed by atoms with E-state index < -0.39 is 5.97 Å². The van der Waals surface area contributed by atoms with Gasteiger partial charge in [0.2, 0.25) is 6.20 Å². The molecule has 1 heterocycles. The largest absolute Gasteiger partial charge is 0.618 e. The van der Waals surface area contributed by atoms with Crippen LogP contribution in [-0.2, 0) is 9.53 Å². The molecule has 5 heteroatoms. The van der Waals surface area contributed by atoms with Crippen molar-refractivity contribution < 1.29 is 19.0 Å². The first kappa shape index (κ1) is 10.3. The lowest BCUT2D eigenvalue weighted by molar-refractivity contribution is -0.612. The van der Waals surface area contributed by atoms with Gasteiger partial charge in [0, 0.05) is 13.0 Å². The molecular formula is C9H11NO4. The van der Waals surface area contributed by atoms with E-state index in [-0.39, 0.29) is 6.61 Å². The third kappa shape index (κ3) is 2.62. The van der Waals surface area contributed by atoms with E-state index in [1.165, 1.54) is 13.3 Å². The molecule has 1 aromatic rings. The number of ether oxygens (including phenoxy) is 2. The van der Waals surface area contributed by atoms with E-state index in [0.717, 1.165) is 0 Å². The number of hydrogen-bond acceptors (Lipinski definition) is 4. The summed E-state index contributed by atoms with van der Waals surface area (Å²) in [7, 11) is 1.27. The second kappa shape index (κ2) is 4.45. The van der Waals surface area contributed by atoms with Gasteiger partial charge >= 0.3 is 5.97 Å². The predicted molar refractivity (Wildman–Crippen MR) is 47.7 cm³/mol. The maximum absolute atomic E-state index is 11.1. The Bertz CT molecular complexity index is 338. The molecule has 0 amide bonds. The number of hydrogen-bond donors (Lipinski definition) is 0. The van der Waals surface area contributed by atoms with Crippen molar-refractivity contribution in [2.75, 3.05) is 13.7 Å². The Labute approximate surface area is 81.5 Å². The van der Waals surface area contributed by atoms with E-state index in [1.54, 1.807) is 19.1 Å². The van der Waals surface area contributed by atoms with Gasteiger partial charge in [0.15, 0.2) is 18.1 Å². The Hall–Kier alpha value is -1.78. The smallest absolute Gasteiger partial charge is 0.343 e. The number of esters is 1. The van der Waals surface area contributed by atoms with Gasteiger partial charge in [0.05, 0.1) is 7.11 Å². The van der Waals surface area contributed by atoms with Crippen molar-refractivity contribution in [1.82, 2.24) is 0 Å². The fourth-order valence-electron chi connectivity index (χ4n) is 0.823. The fraction of sp³-hybridized carbons (Fsp3) is 0.333. The monoisotopic (exact) mass is 197 g/mol. The maximum Gasteiger partial charge on any atom is 0.343 e. The molecule has 0 saturated carbocycles. The number of carbonyl (C=O) groups excluding carboxylic acids is 1. The van der Waals surface area contributed by atoms with Crippen LogP contribution in [0.4, 0.5) is 0 Å². The normalized spacial score (nSPS) is 9.57. The zero-order valence-electron chi connectivity index (χ0n) is 8.02. The second-order valence-corrected chi connectivity index (χ2v) is 2.70. The summed E-state index contributed by atoms with van der Waals surface area (Å²) in [5, 5.41) is 11.1. The van der Waals surface area contributed by atoms with Crippen molar-refractivity contribution in [2.24, 2.45) is 0 Å². The fourth-order valence-corrected chi connectivity index (χ4v) is 0.823. The number of methoxy groups -OCH3 is 1. The van der Waals surface area contributed by atoms with Gasteiger partial charge in [-0.1, -0.05) is 0 Å². The number of nitrogens with zero attached hydrogens (tertiary/aromatic N) is 1. The minimum absolute atomic E-state index is 0.195. The van der Waals surface area contributed by atoms with Crippen molar-refractivity contribution in [3.05, 3.63) is 29.2 Å². The Morgan fingerprint density at radius 2 is 2.29 bits per heavy atom. The highest BCUT2D eigenvalue weighted by Gasteiger charge is 2.05. The number of aromatic nitrogens is 1. The third-order valence-electron chi connectivity index (χ3n) is 1.67. The molecule has 0 bridgehead atoms. The Balaban J connectivity index is 2.60. The summed E-state index contributed by atoms with van der Waals surface area (Å²) in [6.07, 6.45) is 1.26. The van der Waals surface area contributed by atoms with E-state index in [1.807, 2.05) is 0 Å². The molecule has 1 aromatic heterocycles. The molecule has 0 aliphatic heterocycles. The highest BCUT2D eigenvalue weighted by molar-refractivity contribution is 5.70. The van der Waals surface area contributed by atoms with E-state index in [9.17, 15) is 10.0 Å². The topological polar surface area (TPSA) is 62.5 Å². The average Bonchev–Trinajstić information content (AvgIpc) is 2.19. The molecule has 0 radical (unpaired) electrons. The van der Waals surface area contributed by atoms with Crippen molar-refractivity contribution >= 4 is 5.97 Å². The SMILES string of the molecule is COC(=O)COc1ccc(C)[n+]([O-])c1. The van der Waals surface area contributed by atoms with Gasteiger partial charge < -0.3 is 14.7 Å². The van der Waals surface area contributed by atoms with Gasteiger partial charge in [-0.15, -0.1) is 0 Å². The molecular weight excluding hydrogens is 186 g/mol. The molecule has 0 N–H and O–H groups in total. The highest BCUT2D eigenvalue weighted by Crippen LogP contribution is 2.06. The third-order valence-corrected chi connectivity index (χ3v) is 1.67. The standard InChI is InChI=1S/C9H11NO4/c1-7-3-4-8(5-10(7)12)14-6-9(11)13-2/h3-5H,6H2,1-2H3. The lowest BCUT2D eigenvalue weighted by Crippen LogP contribution is -2.29. The van der Waals surface area contributed by atoms with Crippen molar-refractivity contribution in [2.45, 2.75) is 6.92 Å². The lowest BCUT2D eigenvalue weighted by atomic mass is 10.4. The van der Waals surface area contributed by atoms with Crippen LogP contribution in [0.2, 0.25) is 0 Å². The summed E-state index contributed by atoms with van der Waals surface area (Å²) in [5.41, 5.74) is 0.565. The van der Waals surface area contributed by atoms with Crippen LogP contribution in [0.15, 0.2) is 18.3 Å². The summed E-state index contributed by atoms with van der Waals surface area (Å²) >= 11 is 0. The van der Waals surface area contributed by atoms with Crippen LogP contribution in [0.1, 0.15) is 5.69 Å². The van der Waals surface area contributed by atoms with Gasteiger partial charge in [-0.3, -0.25) is 0 Å². The molecule has 0 fully saturated rings. The van der Waals surface area contributed by atoms with Crippen LogP contribution >= 0.6 is 0 Å². The number of pyridine rings is 1. The first-order chi connectivity index (χ1) is 6.63. The summed E-state index contributed by atoms with van der Waals surface area (Å²) in [6.45, 7) is 1.48. The molecule has 0 aliphatic rings. The van der Waals surface area contributed by atoms with E-state index in [4.69, 9.17) is 4.74 Å². The molecule has 76 valence electrons. The van der Waals surface area contributed by atoms with Crippen LogP contribution < -0.4 is 9.47 Å². The predicted octanol–water partition coefficient (Wildman–Crippen LogP) is 0.180. The molecule has 1 rings (SSSR count). The first-order valence-electron chi connectivity index (χ1n) is 4.03. The van der Waals surface area contributed by atoms with Crippen molar-refractivity contribution in [3.63, 3.8) is 0 Å². The van der Waals surface area contributed by atoms with Gasteiger partial charge in [-0.2, -0.15) is 4.73 Å². The zero-order valence-corrected chi connectivity index (χ0v) is 8.02. The van der Waals surface area contributed by atoms with Gasteiger partial charge in [-0.25, -0.2) is 4.79 Å². The Kier molecular flexibility index (Phi) is 3.28. The van der Waals surface area contributed by atoms with E-state index in [2.05, 4.69) is 4.74 Å². The van der Waals surface area contributed by atoms with Gasteiger partial charge in [0.1, 0.15) is 0 Å². The van der Waals surface area contributed by atoms with Crippen LogP contribution in [0.5, 0.6) is 5.75 Å².